The Hall–Kier alpha value is -3.17. The monoisotopic (exact) mass is 632 g/mol. The summed E-state index contributed by atoms with van der Waals surface area (Å²) in [5.41, 5.74) is 2.39. The average molecular weight is 633 g/mol. The fourth-order valence-corrected chi connectivity index (χ4v) is 7.60. The lowest BCUT2D eigenvalue weighted by atomic mass is 9.85. The maximum atomic E-state index is 15.9. The molecular weight excluding hydrogens is 582 g/mol. The van der Waals surface area contributed by atoms with Gasteiger partial charge in [0.05, 0.1) is 5.39 Å². The van der Waals surface area contributed by atoms with Gasteiger partial charge in [0.25, 0.3) is 11.5 Å². The molecule has 3 aromatic rings. The number of anilines is 1. The number of aromatic nitrogens is 3. The van der Waals surface area contributed by atoms with E-state index in [0.29, 0.717) is 55.8 Å². The Balaban J connectivity index is 1.41. The van der Waals surface area contributed by atoms with E-state index in [1.54, 1.807) is 18.2 Å². The van der Waals surface area contributed by atoms with Crippen LogP contribution in [-0.2, 0) is 12.5 Å². The molecule has 2 fully saturated rings. The van der Waals surface area contributed by atoms with Crippen molar-refractivity contribution in [1.29, 1.82) is 0 Å². The Kier molecular flexibility index (Phi) is 9.90. The summed E-state index contributed by atoms with van der Waals surface area (Å²) in [5.74, 6) is -2.18. The van der Waals surface area contributed by atoms with Crippen molar-refractivity contribution in [3.05, 3.63) is 75.4 Å². The second-order valence-corrected chi connectivity index (χ2v) is 14.0. The Morgan fingerprint density at radius 2 is 1.72 bits per heavy atom. The second-order valence-electron chi connectivity index (χ2n) is 14.0. The third-order valence-corrected chi connectivity index (χ3v) is 10.5. The first-order valence-corrected chi connectivity index (χ1v) is 17.4. The minimum atomic E-state index is -2.90. The lowest BCUT2D eigenvalue weighted by Gasteiger charge is -2.35. The molecule has 4 aliphatic heterocycles. The van der Waals surface area contributed by atoms with Crippen LogP contribution in [0.25, 0.3) is 11.0 Å². The number of halogens is 2. The standard InChI is InChI=1S/C37H50F2N6O/c1-25(2)44-21-13-28(14-22-44)32-24-33-34-40-26(3)29-11-10-12-31(23-29)37(38,39)30-15-19-43(20-16-30)17-8-6-5-7-9-18-45(36(32)46)35(33)42-27(4)41-34/h6,8,10-12,23-26,28,30H,5,7,9,13-22H2,1-4H3,(H,40,41,42)/b8-6+/t26-/m1/s1. The fourth-order valence-electron chi connectivity index (χ4n) is 7.60. The van der Waals surface area contributed by atoms with E-state index in [2.05, 4.69) is 41.1 Å². The van der Waals surface area contributed by atoms with Gasteiger partial charge in [-0.15, -0.1) is 0 Å². The number of likely N-dealkylation sites (tertiary alicyclic amines) is 1. The molecule has 248 valence electrons. The van der Waals surface area contributed by atoms with Crippen molar-refractivity contribution in [2.45, 2.75) is 103 Å². The predicted octanol–water partition coefficient (Wildman–Crippen LogP) is 7.40. The predicted molar refractivity (Wildman–Crippen MR) is 182 cm³/mol. The van der Waals surface area contributed by atoms with Crippen LogP contribution in [0.2, 0.25) is 0 Å². The molecule has 7 rings (SSSR count). The second kappa shape index (κ2) is 13.9. The van der Waals surface area contributed by atoms with E-state index >= 15 is 8.78 Å². The molecule has 0 unspecified atom stereocenters. The van der Waals surface area contributed by atoms with Gasteiger partial charge in [-0.05, 0) is 122 Å². The Morgan fingerprint density at radius 1 is 0.957 bits per heavy atom. The largest absolute Gasteiger partial charge is 0.363 e. The number of hydrogen-bond donors (Lipinski definition) is 1. The van der Waals surface area contributed by atoms with Crippen LogP contribution in [0.4, 0.5) is 14.6 Å². The van der Waals surface area contributed by atoms with Crippen molar-refractivity contribution in [1.82, 2.24) is 24.3 Å². The highest BCUT2D eigenvalue weighted by Gasteiger charge is 2.42. The topological polar surface area (TPSA) is 66.3 Å². The number of alkyl halides is 2. The molecule has 7 nitrogen and oxygen atoms in total. The van der Waals surface area contributed by atoms with Crippen LogP contribution in [0.15, 0.2) is 47.3 Å². The summed E-state index contributed by atoms with van der Waals surface area (Å²) >= 11 is 0. The molecule has 46 heavy (non-hydrogen) atoms. The van der Waals surface area contributed by atoms with Crippen molar-refractivity contribution in [2.75, 3.05) is 38.0 Å². The highest BCUT2D eigenvalue weighted by molar-refractivity contribution is 5.87. The molecule has 0 aliphatic carbocycles. The Bertz CT molecular complexity index is 1600. The Labute approximate surface area is 272 Å². The summed E-state index contributed by atoms with van der Waals surface area (Å²) in [6.45, 7) is 13.0. The number of fused-ring (bicyclic) bond motifs is 8. The number of hydrogen-bond acceptors (Lipinski definition) is 6. The SMILES string of the molecule is Cc1nc2c3cc(C4CCN(C(C)C)CC4)c(=O)n(c3n1)CCCC/C=C/CN1CCC(CC1)C(F)(F)c1cccc(c1)[C@@H](C)N2. The fraction of sp³-hybridized carbons (Fsp3) is 0.595. The van der Waals surface area contributed by atoms with E-state index in [1.165, 1.54) is 0 Å². The Morgan fingerprint density at radius 3 is 2.46 bits per heavy atom. The van der Waals surface area contributed by atoms with Crippen LogP contribution in [-0.4, -0.2) is 63.1 Å². The number of nitrogens with one attached hydrogen (secondary N) is 1. The van der Waals surface area contributed by atoms with E-state index in [4.69, 9.17) is 9.97 Å². The van der Waals surface area contributed by atoms with Crippen molar-refractivity contribution < 1.29 is 8.78 Å². The highest BCUT2D eigenvalue weighted by atomic mass is 19.3. The van der Waals surface area contributed by atoms with Crippen molar-refractivity contribution in [3.8, 4) is 0 Å². The molecule has 1 atom stereocenters. The van der Waals surface area contributed by atoms with E-state index in [0.717, 1.165) is 68.3 Å². The van der Waals surface area contributed by atoms with E-state index in [9.17, 15) is 4.79 Å². The molecule has 0 radical (unpaired) electrons. The molecule has 0 amide bonds. The summed E-state index contributed by atoms with van der Waals surface area (Å²) < 4.78 is 33.7. The summed E-state index contributed by atoms with van der Waals surface area (Å²) in [6.07, 6.45) is 9.96. The highest BCUT2D eigenvalue weighted by Crippen LogP contribution is 2.42. The third-order valence-electron chi connectivity index (χ3n) is 10.5. The number of piperidine rings is 2. The van der Waals surface area contributed by atoms with Gasteiger partial charge >= 0.3 is 0 Å². The smallest absolute Gasteiger partial charge is 0.276 e. The lowest BCUT2D eigenvalue weighted by molar-refractivity contribution is -0.0847. The molecule has 0 saturated carbocycles. The molecule has 6 heterocycles. The number of pyridine rings is 1. The van der Waals surface area contributed by atoms with Crippen LogP contribution >= 0.6 is 0 Å². The average Bonchev–Trinajstić information content (AvgIpc) is 3.05. The van der Waals surface area contributed by atoms with Gasteiger partial charge in [0, 0.05) is 42.2 Å². The molecule has 0 spiro atoms. The van der Waals surface area contributed by atoms with E-state index < -0.39 is 11.8 Å². The van der Waals surface area contributed by atoms with Crippen LogP contribution in [0, 0.1) is 12.8 Å². The van der Waals surface area contributed by atoms with Crippen LogP contribution in [0.3, 0.4) is 0 Å². The van der Waals surface area contributed by atoms with Gasteiger partial charge in [0.1, 0.15) is 17.3 Å². The summed E-state index contributed by atoms with van der Waals surface area (Å²) in [5, 5.41) is 4.37. The maximum absolute atomic E-state index is 15.9. The molecule has 8 bridgehead atoms. The van der Waals surface area contributed by atoms with Crippen LogP contribution in [0.5, 0.6) is 0 Å². The number of aryl methyl sites for hydroxylation is 2. The van der Waals surface area contributed by atoms with Gasteiger partial charge in [-0.25, -0.2) is 18.7 Å². The zero-order chi connectivity index (χ0) is 32.4. The van der Waals surface area contributed by atoms with Gasteiger partial charge < -0.3 is 10.2 Å². The minimum Gasteiger partial charge on any atom is -0.363 e. The van der Waals surface area contributed by atoms with Crippen molar-refractivity contribution in [3.63, 3.8) is 0 Å². The number of nitrogens with zero attached hydrogens (tertiary/aromatic N) is 5. The number of rotatable bonds is 2. The molecule has 2 saturated heterocycles. The van der Waals surface area contributed by atoms with Crippen molar-refractivity contribution in [2.24, 2.45) is 5.92 Å². The molecule has 9 heteroatoms. The first-order chi connectivity index (χ1) is 22.1. The third kappa shape index (κ3) is 6.91. The van der Waals surface area contributed by atoms with Gasteiger partial charge in [-0.1, -0.05) is 30.4 Å². The van der Waals surface area contributed by atoms with E-state index in [-0.39, 0.29) is 23.1 Å². The minimum absolute atomic E-state index is 0.0556. The van der Waals surface area contributed by atoms with Crippen LogP contribution in [0.1, 0.15) is 100 Å². The normalized spacial score (nSPS) is 25.8. The quantitative estimate of drug-likeness (QED) is 0.297. The number of benzene rings is 1. The zero-order valence-corrected chi connectivity index (χ0v) is 27.9. The van der Waals surface area contributed by atoms with Gasteiger partial charge in [-0.2, -0.15) is 0 Å². The van der Waals surface area contributed by atoms with Gasteiger partial charge in [-0.3, -0.25) is 14.3 Å². The number of allylic oxidation sites excluding steroid dienone is 1. The molecule has 4 aliphatic rings. The molecule has 1 aromatic carbocycles. The zero-order valence-electron chi connectivity index (χ0n) is 27.9. The van der Waals surface area contributed by atoms with E-state index in [1.807, 2.05) is 30.5 Å². The van der Waals surface area contributed by atoms with Crippen LogP contribution < -0.4 is 10.9 Å². The summed E-state index contributed by atoms with van der Waals surface area (Å²) in [7, 11) is 0. The maximum Gasteiger partial charge on any atom is 0.276 e. The first kappa shape index (κ1) is 32.8. The van der Waals surface area contributed by atoms with Gasteiger partial charge in [0.2, 0.25) is 0 Å². The molecular formula is C37H50F2N6O. The first-order valence-electron chi connectivity index (χ1n) is 17.4. The van der Waals surface area contributed by atoms with Gasteiger partial charge in [0.15, 0.2) is 0 Å². The molecule has 1 N–H and O–H groups in total. The lowest BCUT2D eigenvalue weighted by Crippen LogP contribution is -2.39. The molecule has 2 aromatic heterocycles. The summed E-state index contributed by atoms with van der Waals surface area (Å²) in [4.78, 5) is 28.6. The van der Waals surface area contributed by atoms with Crippen molar-refractivity contribution >= 4 is 16.9 Å². The summed E-state index contributed by atoms with van der Waals surface area (Å²) in [6, 6.07) is 9.11.